The Bertz CT molecular complexity index is 356. The first-order valence-corrected chi connectivity index (χ1v) is 4.53. The lowest BCUT2D eigenvalue weighted by Crippen LogP contribution is -2.42. The number of ether oxygens (including phenoxy) is 1. The van der Waals surface area contributed by atoms with E-state index in [1.54, 1.807) is 13.0 Å². The number of hydrogen-bond acceptors (Lipinski definition) is 5. The lowest BCUT2D eigenvalue weighted by Gasteiger charge is -2.14. The average molecular weight is 244 g/mol. The van der Waals surface area contributed by atoms with Gasteiger partial charge in [-0.05, 0) is 6.92 Å². The van der Waals surface area contributed by atoms with Gasteiger partial charge in [-0.15, -0.1) is 0 Å². The molecule has 17 heavy (non-hydrogen) atoms. The Morgan fingerprint density at radius 2 is 1.71 bits per heavy atom. The van der Waals surface area contributed by atoms with Crippen LogP contribution >= 0.6 is 0 Å². The van der Waals surface area contributed by atoms with Crippen LogP contribution in [-0.2, 0) is 19.1 Å². The molecule has 94 valence electrons. The highest BCUT2D eigenvalue weighted by molar-refractivity contribution is 5.88. The van der Waals surface area contributed by atoms with E-state index < -0.39 is 30.1 Å². The SMILES string of the molecule is C/C=C/C=C/C(=O)OC(C(=O)O)C(O)C(=O)O. The van der Waals surface area contributed by atoms with E-state index in [0.717, 1.165) is 6.08 Å². The second-order valence-corrected chi connectivity index (χ2v) is 2.86. The molecular formula is C10H12O7. The maximum atomic E-state index is 11.0. The summed E-state index contributed by atoms with van der Waals surface area (Å²) in [6.45, 7) is 1.70. The number of allylic oxidation sites excluding steroid dienone is 3. The number of aliphatic hydroxyl groups excluding tert-OH is 1. The molecular weight excluding hydrogens is 232 g/mol. The molecule has 7 heteroatoms. The van der Waals surface area contributed by atoms with Gasteiger partial charge in [-0.25, -0.2) is 14.4 Å². The molecule has 0 aromatic carbocycles. The predicted molar refractivity (Wildman–Crippen MR) is 55.1 cm³/mol. The summed E-state index contributed by atoms with van der Waals surface area (Å²) in [6.07, 6.45) is 0.843. The van der Waals surface area contributed by atoms with Gasteiger partial charge >= 0.3 is 17.9 Å². The summed E-state index contributed by atoms with van der Waals surface area (Å²) < 4.78 is 4.29. The number of esters is 1. The normalized spacial score (nSPS) is 14.7. The monoisotopic (exact) mass is 244 g/mol. The zero-order valence-corrected chi connectivity index (χ0v) is 8.94. The van der Waals surface area contributed by atoms with E-state index in [4.69, 9.17) is 15.3 Å². The highest BCUT2D eigenvalue weighted by Crippen LogP contribution is 2.02. The smallest absolute Gasteiger partial charge is 0.348 e. The Labute approximate surface area is 96.6 Å². The van der Waals surface area contributed by atoms with Crippen molar-refractivity contribution < 1.29 is 34.4 Å². The molecule has 3 N–H and O–H groups in total. The molecule has 0 aliphatic rings. The molecule has 0 aromatic heterocycles. The van der Waals surface area contributed by atoms with Gasteiger partial charge < -0.3 is 20.1 Å². The number of rotatable bonds is 6. The van der Waals surface area contributed by atoms with Crippen LogP contribution in [0.25, 0.3) is 0 Å². The van der Waals surface area contributed by atoms with Crippen LogP contribution in [0.15, 0.2) is 24.3 Å². The van der Waals surface area contributed by atoms with Gasteiger partial charge in [0.05, 0.1) is 0 Å². The molecule has 0 saturated carbocycles. The second-order valence-electron chi connectivity index (χ2n) is 2.86. The zero-order valence-electron chi connectivity index (χ0n) is 8.94. The lowest BCUT2D eigenvalue weighted by molar-refractivity contribution is -0.176. The van der Waals surface area contributed by atoms with E-state index >= 15 is 0 Å². The Morgan fingerprint density at radius 3 is 2.12 bits per heavy atom. The van der Waals surface area contributed by atoms with E-state index in [2.05, 4.69) is 4.74 Å². The molecule has 0 heterocycles. The minimum Gasteiger partial charge on any atom is -0.479 e. The summed E-state index contributed by atoms with van der Waals surface area (Å²) in [5.41, 5.74) is 0. The fourth-order valence-electron chi connectivity index (χ4n) is 0.789. The molecule has 0 rings (SSSR count). The van der Waals surface area contributed by atoms with Crippen molar-refractivity contribution in [1.29, 1.82) is 0 Å². The lowest BCUT2D eigenvalue weighted by atomic mass is 10.2. The summed E-state index contributed by atoms with van der Waals surface area (Å²) in [5, 5.41) is 26.0. The minimum absolute atomic E-state index is 0.907. The molecule has 2 atom stereocenters. The van der Waals surface area contributed by atoms with E-state index in [1.165, 1.54) is 12.2 Å². The van der Waals surface area contributed by atoms with Crippen molar-refractivity contribution in [3.8, 4) is 0 Å². The van der Waals surface area contributed by atoms with Gasteiger partial charge in [0.2, 0.25) is 6.10 Å². The molecule has 0 spiro atoms. The van der Waals surface area contributed by atoms with Gasteiger partial charge in [0, 0.05) is 6.08 Å². The molecule has 0 amide bonds. The number of hydrogen-bond donors (Lipinski definition) is 3. The third-order valence-electron chi connectivity index (χ3n) is 1.56. The number of aliphatic carboxylic acids is 2. The fourth-order valence-corrected chi connectivity index (χ4v) is 0.789. The average Bonchev–Trinajstić information content (AvgIpc) is 2.24. The fraction of sp³-hybridized carbons (Fsp3) is 0.300. The van der Waals surface area contributed by atoms with Gasteiger partial charge in [-0.3, -0.25) is 0 Å². The number of carboxylic acid groups (broad SMARTS) is 2. The molecule has 7 nitrogen and oxygen atoms in total. The topological polar surface area (TPSA) is 121 Å². The van der Waals surface area contributed by atoms with Crippen LogP contribution in [0.4, 0.5) is 0 Å². The summed E-state index contributed by atoms with van der Waals surface area (Å²) >= 11 is 0. The van der Waals surface area contributed by atoms with Crippen LogP contribution in [-0.4, -0.2) is 45.4 Å². The number of carbonyl (C=O) groups excluding carboxylic acids is 1. The van der Waals surface area contributed by atoms with Gasteiger partial charge in [0.1, 0.15) is 0 Å². The van der Waals surface area contributed by atoms with Crippen molar-refractivity contribution in [2.75, 3.05) is 0 Å². The van der Waals surface area contributed by atoms with Crippen molar-refractivity contribution in [2.24, 2.45) is 0 Å². The minimum atomic E-state index is -2.31. The van der Waals surface area contributed by atoms with Crippen molar-refractivity contribution in [2.45, 2.75) is 19.1 Å². The summed E-state index contributed by atoms with van der Waals surface area (Å²) in [5.74, 6) is -4.59. The highest BCUT2D eigenvalue weighted by atomic mass is 16.6. The quantitative estimate of drug-likeness (QED) is 0.329. The predicted octanol–water partition coefficient (Wildman–Crippen LogP) is -0.439. The van der Waals surface area contributed by atoms with Crippen molar-refractivity contribution in [3.05, 3.63) is 24.3 Å². The van der Waals surface area contributed by atoms with Crippen molar-refractivity contribution in [1.82, 2.24) is 0 Å². The highest BCUT2D eigenvalue weighted by Gasteiger charge is 2.35. The van der Waals surface area contributed by atoms with E-state index in [1.807, 2.05) is 0 Å². The Morgan fingerprint density at radius 1 is 1.12 bits per heavy atom. The van der Waals surface area contributed by atoms with E-state index in [9.17, 15) is 14.4 Å². The number of carbonyl (C=O) groups is 3. The second kappa shape index (κ2) is 7.18. The Balaban J connectivity index is 4.61. The first-order chi connectivity index (χ1) is 7.90. The third-order valence-corrected chi connectivity index (χ3v) is 1.56. The first-order valence-electron chi connectivity index (χ1n) is 4.53. The first kappa shape index (κ1) is 14.8. The maximum Gasteiger partial charge on any atom is 0.348 e. The van der Waals surface area contributed by atoms with E-state index in [0.29, 0.717) is 0 Å². The molecule has 0 saturated heterocycles. The maximum absolute atomic E-state index is 11.0. The van der Waals surface area contributed by atoms with Gasteiger partial charge in [0.15, 0.2) is 6.10 Å². The van der Waals surface area contributed by atoms with E-state index in [-0.39, 0.29) is 0 Å². The third kappa shape index (κ3) is 5.47. The molecule has 0 bridgehead atoms. The summed E-state index contributed by atoms with van der Waals surface area (Å²) in [6, 6.07) is 0. The van der Waals surface area contributed by atoms with Crippen LogP contribution in [0.2, 0.25) is 0 Å². The van der Waals surface area contributed by atoms with Crippen molar-refractivity contribution in [3.63, 3.8) is 0 Å². The summed E-state index contributed by atoms with van der Waals surface area (Å²) in [4.78, 5) is 32.0. The molecule has 0 radical (unpaired) electrons. The summed E-state index contributed by atoms with van der Waals surface area (Å²) in [7, 11) is 0. The number of carboxylic acids is 2. The molecule has 2 unspecified atom stereocenters. The molecule has 0 fully saturated rings. The molecule has 0 aliphatic carbocycles. The molecule has 0 aliphatic heterocycles. The standard InChI is InChI=1S/C10H12O7/c1-2-3-4-5-6(11)17-8(10(15)16)7(12)9(13)14/h2-5,7-8,12H,1H3,(H,13,14)(H,15,16)/b3-2+,5-4+. The number of aliphatic hydroxyl groups is 1. The van der Waals surface area contributed by atoms with Gasteiger partial charge in [-0.2, -0.15) is 0 Å². The van der Waals surface area contributed by atoms with Crippen LogP contribution in [0.1, 0.15) is 6.92 Å². The largest absolute Gasteiger partial charge is 0.479 e. The zero-order chi connectivity index (χ0) is 13.4. The van der Waals surface area contributed by atoms with Crippen LogP contribution in [0.3, 0.4) is 0 Å². The van der Waals surface area contributed by atoms with Crippen LogP contribution in [0.5, 0.6) is 0 Å². The van der Waals surface area contributed by atoms with Crippen LogP contribution < -0.4 is 0 Å². The van der Waals surface area contributed by atoms with Crippen molar-refractivity contribution >= 4 is 17.9 Å². The Hall–Kier alpha value is -2.15. The Kier molecular flexibility index (Phi) is 6.27. The van der Waals surface area contributed by atoms with Gasteiger partial charge in [0.25, 0.3) is 0 Å². The van der Waals surface area contributed by atoms with Gasteiger partial charge in [-0.1, -0.05) is 18.2 Å². The molecule has 0 aromatic rings. The van der Waals surface area contributed by atoms with Crippen LogP contribution in [0, 0.1) is 0 Å².